The van der Waals surface area contributed by atoms with E-state index >= 15 is 0 Å². The Labute approximate surface area is 137 Å². The first-order valence-corrected chi connectivity index (χ1v) is 12.9. The molecule has 0 atom stereocenters. The summed E-state index contributed by atoms with van der Waals surface area (Å²) in [5.74, 6) is 0. The highest BCUT2D eigenvalue weighted by atomic mass is 28.3. The van der Waals surface area contributed by atoms with Crippen LogP contribution in [-0.2, 0) is 0 Å². The highest BCUT2D eigenvalue weighted by Gasteiger charge is 2.30. The van der Waals surface area contributed by atoms with Crippen molar-refractivity contribution in [2.24, 2.45) is 0 Å². The number of rotatable bonds is 16. The van der Waals surface area contributed by atoms with Gasteiger partial charge in [0.05, 0.1) is 8.07 Å². The van der Waals surface area contributed by atoms with E-state index in [1.807, 2.05) is 0 Å². The molecule has 0 N–H and O–H groups in total. The van der Waals surface area contributed by atoms with E-state index in [2.05, 4.69) is 27.7 Å². The molecule has 0 rings (SSSR count). The van der Waals surface area contributed by atoms with E-state index in [1.165, 1.54) is 70.6 Å². The minimum Gasteiger partial charge on any atom is -0.0654 e. The minimum atomic E-state index is -0.972. The van der Waals surface area contributed by atoms with Crippen LogP contribution in [-0.4, -0.2) is 8.07 Å². The molecule has 0 unspecified atom stereocenters. The molecule has 0 aromatic rings. The first-order chi connectivity index (χ1) is 10.2. The Morgan fingerprint density at radius 3 is 1.14 bits per heavy atom. The third-order valence-corrected chi connectivity index (χ3v) is 10.8. The fraction of sp³-hybridized carbons (Fsp3) is 0.950. The molecule has 21 heavy (non-hydrogen) atoms. The van der Waals surface area contributed by atoms with Crippen LogP contribution in [0.2, 0.25) is 24.2 Å². The van der Waals surface area contributed by atoms with Gasteiger partial charge in [-0.15, -0.1) is 0 Å². The zero-order chi connectivity index (χ0) is 15.8. The summed E-state index contributed by atoms with van der Waals surface area (Å²) >= 11 is 0. The second-order valence-corrected chi connectivity index (χ2v) is 12.2. The Hall–Kier alpha value is 0.217. The maximum absolute atomic E-state index is 4.05. The van der Waals surface area contributed by atoms with E-state index in [-0.39, 0.29) is 0 Å². The van der Waals surface area contributed by atoms with Gasteiger partial charge in [0.25, 0.3) is 0 Å². The van der Waals surface area contributed by atoms with Crippen molar-refractivity contribution >= 4 is 8.07 Å². The average molecular weight is 312 g/mol. The number of hydrogen-bond acceptors (Lipinski definition) is 0. The maximum Gasteiger partial charge on any atom is 0.0535 e. The lowest BCUT2D eigenvalue weighted by atomic mass is 10.3. The molecule has 0 aromatic heterocycles. The van der Waals surface area contributed by atoms with Gasteiger partial charge in [-0.05, 0) is 0 Å². The van der Waals surface area contributed by atoms with Gasteiger partial charge in [0, 0.05) is 0 Å². The van der Waals surface area contributed by atoms with Gasteiger partial charge in [-0.2, -0.15) is 0 Å². The van der Waals surface area contributed by atoms with Gasteiger partial charge < -0.3 is 0 Å². The van der Waals surface area contributed by atoms with E-state index in [4.69, 9.17) is 0 Å². The van der Waals surface area contributed by atoms with Crippen LogP contribution in [0.4, 0.5) is 0 Å². The molecule has 127 valence electrons. The Kier molecular flexibility index (Phi) is 15.3. The van der Waals surface area contributed by atoms with E-state index in [9.17, 15) is 0 Å². The topological polar surface area (TPSA) is 0 Å². The summed E-state index contributed by atoms with van der Waals surface area (Å²) in [6.07, 6.45) is 17.1. The van der Waals surface area contributed by atoms with Crippen LogP contribution in [0, 0.1) is 6.92 Å². The molecule has 0 aliphatic rings. The van der Waals surface area contributed by atoms with Crippen molar-refractivity contribution in [2.75, 3.05) is 0 Å². The monoisotopic (exact) mass is 311 g/mol. The first-order valence-electron chi connectivity index (χ1n) is 10.0. The van der Waals surface area contributed by atoms with Crippen molar-refractivity contribution in [1.82, 2.24) is 0 Å². The van der Waals surface area contributed by atoms with E-state index in [0.717, 1.165) is 6.42 Å². The van der Waals surface area contributed by atoms with E-state index in [0.29, 0.717) is 0 Å². The minimum absolute atomic E-state index is 0.972. The van der Waals surface area contributed by atoms with Crippen molar-refractivity contribution in [2.45, 2.75) is 122 Å². The third-order valence-electron chi connectivity index (χ3n) is 5.14. The maximum atomic E-state index is 4.05. The van der Waals surface area contributed by atoms with Crippen molar-refractivity contribution in [3.8, 4) is 0 Å². The highest BCUT2D eigenvalue weighted by Crippen LogP contribution is 2.34. The van der Waals surface area contributed by atoms with Crippen LogP contribution in [0.15, 0.2) is 0 Å². The number of unbranched alkanes of at least 4 members (excludes halogenated alkanes) is 8. The fourth-order valence-corrected chi connectivity index (χ4v) is 9.18. The van der Waals surface area contributed by atoms with E-state index in [1.54, 1.807) is 24.2 Å². The second-order valence-electron chi connectivity index (χ2n) is 7.18. The normalized spacial score (nSPS) is 12.0. The zero-order valence-electron chi connectivity index (χ0n) is 15.5. The Morgan fingerprint density at radius 2 is 0.857 bits per heavy atom. The SMILES string of the molecule is [CH2]CCCC[Si](CCCCC)(CCCCC)CCCCC. The zero-order valence-corrected chi connectivity index (χ0v) is 16.5. The van der Waals surface area contributed by atoms with Crippen LogP contribution < -0.4 is 0 Å². The van der Waals surface area contributed by atoms with Crippen molar-refractivity contribution in [3.05, 3.63) is 6.92 Å². The molecule has 0 aromatic carbocycles. The smallest absolute Gasteiger partial charge is 0.0535 e. The van der Waals surface area contributed by atoms with Crippen LogP contribution in [0.25, 0.3) is 0 Å². The quantitative estimate of drug-likeness (QED) is 0.200. The van der Waals surface area contributed by atoms with Crippen LogP contribution in [0.1, 0.15) is 97.8 Å². The van der Waals surface area contributed by atoms with Crippen molar-refractivity contribution < 1.29 is 0 Å². The molecular weight excluding hydrogens is 268 g/mol. The molecule has 0 heterocycles. The Bertz CT molecular complexity index is 155. The van der Waals surface area contributed by atoms with Gasteiger partial charge in [0.2, 0.25) is 0 Å². The van der Waals surface area contributed by atoms with Crippen molar-refractivity contribution in [1.29, 1.82) is 0 Å². The molecule has 0 fully saturated rings. The molecular formula is C20H43Si. The summed E-state index contributed by atoms with van der Waals surface area (Å²) in [6, 6.07) is 6.50. The van der Waals surface area contributed by atoms with Gasteiger partial charge in [-0.3, -0.25) is 0 Å². The highest BCUT2D eigenvalue weighted by molar-refractivity contribution is 6.79. The molecule has 0 bridgehead atoms. The van der Waals surface area contributed by atoms with Gasteiger partial charge >= 0.3 is 0 Å². The molecule has 0 saturated heterocycles. The molecule has 1 heteroatoms. The summed E-state index contributed by atoms with van der Waals surface area (Å²) in [5.41, 5.74) is 0. The summed E-state index contributed by atoms with van der Waals surface area (Å²) in [7, 11) is -0.972. The summed E-state index contributed by atoms with van der Waals surface area (Å²) < 4.78 is 0. The molecule has 0 aliphatic carbocycles. The third kappa shape index (κ3) is 11.4. The van der Waals surface area contributed by atoms with Gasteiger partial charge in [-0.25, -0.2) is 0 Å². The number of hydrogen-bond donors (Lipinski definition) is 0. The molecule has 0 aliphatic heterocycles. The summed E-state index contributed by atoms with van der Waals surface area (Å²) in [6.45, 7) is 11.1. The predicted molar refractivity (Wildman–Crippen MR) is 103 cm³/mol. The predicted octanol–water partition coefficient (Wildman–Crippen LogP) is 8.01. The molecule has 1 radical (unpaired) electrons. The second kappa shape index (κ2) is 15.1. The fourth-order valence-electron chi connectivity index (χ4n) is 3.68. The average Bonchev–Trinajstić information content (AvgIpc) is 2.48. The van der Waals surface area contributed by atoms with Gasteiger partial charge in [0.15, 0.2) is 0 Å². The summed E-state index contributed by atoms with van der Waals surface area (Å²) in [4.78, 5) is 0. The van der Waals surface area contributed by atoms with E-state index < -0.39 is 8.07 Å². The molecule has 0 amide bonds. The molecule has 0 nitrogen and oxygen atoms in total. The molecule has 0 spiro atoms. The molecule has 0 saturated carbocycles. The van der Waals surface area contributed by atoms with Crippen LogP contribution >= 0.6 is 0 Å². The largest absolute Gasteiger partial charge is 0.0654 e. The van der Waals surface area contributed by atoms with Crippen LogP contribution in [0.3, 0.4) is 0 Å². The van der Waals surface area contributed by atoms with Gasteiger partial charge in [-0.1, -0.05) is 129 Å². The lowest BCUT2D eigenvalue weighted by molar-refractivity contribution is 0.698. The Morgan fingerprint density at radius 1 is 0.524 bits per heavy atom. The van der Waals surface area contributed by atoms with Crippen molar-refractivity contribution in [3.63, 3.8) is 0 Å². The standard InChI is InChI=1S/C20H43Si/c1-5-9-13-17-21(18-14-10-6-2,19-15-11-7-3)20-16-12-8-4/h1,5-20H2,2-4H3. The lowest BCUT2D eigenvalue weighted by Gasteiger charge is -2.33. The first kappa shape index (κ1) is 21.2. The van der Waals surface area contributed by atoms with Crippen LogP contribution in [0.5, 0.6) is 0 Å². The Balaban J connectivity index is 4.52. The lowest BCUT2D eigenvalue weighted by Crippen LogP contribution is -2.33. The summed E-state index contributed by atoms with van der Waals surface area (Å²) in [5, 5.41) is 0. The van der Waals surface area contributed by atoms with Gasteiger partial charge in [0.1, 0.15) is 0 Å².